The zero-order chi connectivity index (χ0) is 21.3. The fourth-order valence-corrected chi connectivity index (χ4v) is 3.22. The first-order valence-corrected chi connectivity index (χ1v) is 9.83. The number of aromatic nitrogens is 1. The Morgan fingerprint density at radius 1 is 0.933 bits per heavy atom. The van der Waals surface area contributed by atoms with Gasteiger partial charge in [0.25, 0.3) is 0 Å². The summed E-state index contributed by atoms with van der Waals surface area (Å²) in [5.74, 6) is 2.28. The number of hydrogen-bond donors (Lipinski definition) is 1. The molecule has 156 valence electrons. The highest BCUT2D eigenvalue weighted by atomic mass is 32.1. The largest absolute Gasteiger partial charge is 0.497 e. The van der Waals surface area contributed by atoms with Crippen LogP contribution >= 0.6 is 12.2 Å². The van der Waals surface area contributed by atoms with Crippen LogP contribution < -0.4 is 19.5 Å². The van der Waals surface area contributed by atoms with E-state index in [0.29, 0.717) is 18.2 Å². The number of ether oxygens (including phenoxy) is 3. The van der Waals surface area contributed by atoms with Crippen LogP contribution in [0.2, 0.25) is 0 Å². The Morgan fingerprint density at radius 2 is 1.67 bits per heavy atom. The number of hydrogen-bond acceptors (Lipinski definition) is 5. The van der Waals surface area contributed by atoms with Crippen molar-refractivity contribution in [1.29, 1.82) is 0 Å². The molecule has 0 saturated carbocycles. The molecular weight excluding hydrogens is 398 g/mol. The third-order valence-electron chi connectivity index (χ3n) is 4.58. The number of pyridine rings is 1. The average molecular weight is 424 g/mol. The number of benzene rings is 2. The van der Waals surface area contributed by atoms with Gasteiger partial charge in [-0.15, -0.1) is 0 Å². The van der Waals surface area contributed by atoms with Crippen LogP contribution in [0.15, 0.2) is 67.0 Å². The van der Waals surface area contributed by atoms with Gasteiger partial charge in [0.1, 0.15) is 17.2 Å². The van der Waals surface area contributed by atoms with Gasteiger partial charge in [0.05, 0.1) is 21.3 Å². The van der Waals surface area contributed by atoms with Gasteiger partial charge in [-0.1, -0.05) is 6.07 Å². The van der Waals surface area contributed by atoms with Crippen molar-refractivity contribution in [3.8, 4) is 17.2 Å². The molecule has 0 spiro atoms. The van der Waals surface area contributed by atoms with E-state index in [4.69, 9.17) is 26.4 Å². The first kappa shape index (κ1) is 21.4. The van der Waals surface area contributed by atoms with E-state index < -0.39 is 0 Å². The molecule has 7 heteroatoms. The molecule has 0 amide bonds. The fraction of sp³-hybridized carbons (Fsp3) is 0.217. The van der Waals surface area contributed by atoms with E-state index in [-0.39, 0.29) is 0 Å². The molecule has 30 heavy (non-hydrogen) atoms. The lowest BCUT2D eigenvalue weighted by atomic mass is 10.1. The Labute approximate surface area is 182 Å². The molecule has 0 atom stereocenters. The first-order chi connectivity index (χ1) is 14.6. The summed E-state index contributed by atoms with van der Waals surface area (Å²) in [7, 11) is 4.93. The predicted octanol–water partition coefficient (Wildman–Crippen LogP) is 4.51. The van der Waals surface area contributed by atoms with Crippen LogP contribution in [0, 0.1) is 0 Å². The Morgan fingerprint density at radius 3 is 2.30 bits per heavy atom. The van der Waals surface area contributed by atoms with Crippen LogP contribution in [0.25, 0.3) is 0 Å². The summed E-state index contributed by atoms with van der Waals surface area (Å²) in [5, 5.41) is 3.91. The van der Waals surface area contributed by atoms with Crippen LogP contribution in [0.4, 0.5) is 5.69 Å². The number of methoxy groups -OCH3 is 3. The molecule has 6 nitrogen and oxygen atoms in total. The Hall–Kier alpha value is -3.32. The summed E-state index contributed by atoms with van der Waals surface area (Å²) in [6, 6.07) is 17.4. The monoisotopic (exact) mass is 423 g/mol. The predicted molar refractivity (Wildman–Crippen MR) is 122 cm³/mol. The molecule has 0 aliphatic heterocycles. The highest BCUT2D eigenvalue weighted by molar-refractivity contribution is 7.80. The van der Waals surface area contributed by atoms with Gasteiger partial charge in [-0.3, -0.25) is 4.98 Å². The van der Waals surface area contributed by atoms with E-state index in [2.05, 4.69) is 15.2 Å². The molecule has 0 unspecified atom stereocenters. The van der Waals surface area contributed by atoms with E-state index in [1.807, 2.05) is 60.8 Å². The molecule has 0 aliphatic rings. The molecule has 0 radical (unpaired) electrons. The average Bonchev–Trinajstić information content (AvgIpc) is 2.80. The summed E-state index contributed by atoms with van der Waals surface area (Å²) in [6.45, 7) is 1.16. The van der Waals surface area contributed by atoms with Gasteiger partial charge in [-0.05, 0) is 60.2 Å². The van der Waals surface area contributed by atoms with Crippen LogP contribution in [-0.4, -0.2) is 36.3 Å². The van der Waals surface area contributed by atoms with Crippen molar-refractivity contribution in [3.63, 3.8) is 0 Å². The van der Waals surface area contributed by atoms with Crippen LogP contribution in [0.5, 0.6) is 17.2 Å². The summed E-state index contributed by atoms with van der Waals surface area (Å²) >= 11 is 5.74. The van der Waals surface area contributed by atoms with E-state index in [9.17, 15) is 0 Å². The van der Waals surface area contributed by atoms with E-state index in [1.165, 1.54) is 0 Å². The Bertz CT molecular complexity index is 965. The minimum Gasteiger partial charge on any atom is -0.497 e. The number of nitrogens with zero attached hydrogens (tertiary/aromatic N) is 2. The standard InChI is InChI=1S/C23H25N3O3S/c1-27-20-10-7-19(8-11-20)25-23(30)26(15-17-5-4-12-24-14-17)16-18-6-9-21(28-2)13-22(18)29-3/h4-14H,15-16H2,1-3H3,(H,25,30). The van der Waals surface area contributed by atoms with Crippen molar-refractivity contribution in [2.45, 2.75) is 13.1 Å². The molecular formula is C23H25N3O3S. The van der Waals surface area contributed by atoms with Gasteiger partial charge in [0.2, 0.25) is 0 Å². The van der Waals surface area contributed by atoms with E-state index >= 15 is 0 Å². The minimum atomic E-state index is 0.560. The fourth-order valence-electron chi connectivity index (χ4n) is 2.98. The van der Waals surface area contributed by atoms with Gasteiger partial charge in [-0.2, -0.15) is 0 Å². The molecule has 1 N–H and O–H groups in total. The maximum absolute atomic E-state index is 5.74. The van der Waals surface area contributed by atoms with Crippen LogP contribution in [0.1, 0.15) is 11.1 Å². The third-order valence-corrected chi connectivity index (χ3v) is 4.94. The second-order valence-corrected chi connectivity index (χ2v) is 6.94. The highest BCUT2D eigenvalue weighted by Gasteiger charge is 2.15. The maximum Gasteiger partial charge on any atom is 0.174 e. The highest BCUT2D eigenvalue weighted by Crippen LogP contribution is 2.26. The molecule has 3 rings (SSSR count). The van der Waals surface area contributed by atoms with Crippen molar-refractivity contribution in [3.05, 3.63) is 78.1 Å². The molecule has 1 heterocycles. The van der Waals surface area contributed by atoms with Crippen molar-refractivity contribution >= 4 is 23.0 Å². The van der Waals surface area contributed by atoms with Gasteiger partial charge in [-0.25, -0.2) is 0 Å². The summed E-state index contributed by atoms with van der Waals surface area (Å²) in [4.78, 5) is 6.29. The normalized spacial score (nSPS) is 10.2. The lowest BCUT2D eigenvalue weighted by Crippen LogP contribution is -2.34. The van der Waals surface area contributed by atoms with E-state index in [1.54, 1.807) is 27.5 Å². The second-order valence-electron chi connectivity index (χ2n) is 6.55. The van der Waals surface area contributed by atoms with Crippen LogP contribution in [-0.2, 0) is 13.1 Å². The summed E-state index contributed by atoms with van der Waals surface area (Å²) in [6.07, 6.45) is 3.60. The SMILES string of the molecule is COc1ccc(NC(=S)N(Cc2cccnc2)Cc2ccc(OC)cc2OC)cc1. The number of rotatable bonds is 8. The van der Waals surface area contributed by atoms with Gasteiger partial charge < -0.3 is 24.4 Å². The van der Waals surface area contributed by atoms with Gasteiger partial charge >= 0.3 is 0 Å². The lowest BCUT2D eigenvalue weighted by Gasteiger charge is -2.27. The van der Waals surface area contributed by atoms with Gasteiger partial charge in [0, 0.05) is 42.8 Å². The third kappa shape index (κ3) is 5.61. The smallest absolute Gasteiger partial charge is 0.174 e. The molecule has 0 saturated heterocycles. The first-order valence-electron chi connectivity index (χ1n) is 9.42. The maximum atomic E-state index is 5.74. The summed E-state index contributed by atoms with van der Waals surface area (Å²) in [5.41, 5.74) is 2.95. The van der Waals surface area contributed by atoms with Crippen molar-refractivity contribution in [2.24, 2.45) is 0 Å². The second kappa shape index (κ2) is 10.5. The molecule has 0 bridgehead atoms. The lowest BCUT2D eigenvalue weighted by molar-refractivity contribution is 0.370. The van der Waals surface area contributed by atoms with Crippen molar-refractivity contribution in [1.82, 2.24) is 9.88 Å². The summed E-state index contributed by atoms with van der Waals surface area (Å²) < 4.78 is 16.1. The molecule has 1 aromatic heterocycles. The molecule has 0 aliphatic carbocycles. The molecule has 2 aromatic carbocycles. The number of thiocarbonyl (C=S) groups is 1. The minimum absolute atomic E-state index is 0.560. The number of anilines is 1. The number of nitrogens with one attached hydrogen (secondary N) is 1. The Balaban J connectivity index is 1.83. The van der Waals surface area contributed by atoms with Crippen molar-refractivity contribution < 1.29 is 14.2 Å². The van der Waals surface area contributed by atoms with Crippen molar-refractivity contribution in [2.75, 3.05) is 26.6 Å². The topological polar surface area (TPSA) is 55.9 Å². The van der Waals surface area contributed by atoms with E-state index in [0.717, 1.165) is 34.1 Å². The quantitative estimate of drug-likeness (QED) is 0.535. The molecule has 3 aromatic rings. The molecule has 0 fully saturated rings. The Kier molecular flexibility index (Phi) is 7.45. The van der Waals surface area contributed by atoms with Gasteiger partial charge in [0.15, 0.2) is 5.11 Å². The zero-order valence-corrected chi connectivity index (χ0v) is 18.1. The zero-order valence-electron chi connectivity index (χ0n) is 17.3. The van der Waals surface area contributed by atoms with Crippen LogP contribution in [0.3, 0.4) is 0 Å².